The van der Waals surface area contributed by atoms with Crippen molar-refractivity contribution in [3.63, 3.8) is 0 Å². The van der Waals surface area contributed by atoms with Crippen molar-refractivity contribution in [3.8, 4) is 0 Å². The summed E-state index contributed by atoms with van der Waals surface area (Å²) in [6.07, 6.45) is 1.37. The molecule has 86 valence electrons. The van der Waals surface area contributed by atoms with Crippen molar-refractivity contribution >= 4 is 17.5 Å². The number of nitrogens with one attached hydrogen (secondary N) is 1. The second-order valence-corrected chi connectivity index (χ2v) is 2.91. The van der Waals surface area contributed by atoms with Gasteiger partial charge in [0.1, 0.15) is 12.0 Å². The molecule has 7 nitrogen and oxygen atoms in total. The zero-order valence-corrected chi connectivity index (χ0v) is 8.67. The van der Waals surface area contributed by atoms with E-state index in [0.29, 0.717) is 12.4 Å². The van der Waals surface area contributed by atoms with Crippen molar-refractivity contribution in [2.45, 2.75) is 6.42 Å². The van der Waals surface area contributed by atoms with Crippen LogP contribution in [0, 0.1) is 10.1 Å². The standard InChI is InChI=1S/C9H11N3O4/c1-16-9(13)4-5-10-8-3-2-7(6-11-8)12(14)15/h2-3,6H,4-5H2,1H3,(H,10,11). The van der Waals surface area contributed by atoms with Crippen LogP contribution < -0.4 is 5.32 Å². The van der Waals surface area contributed by atoms with Gasteiger partial charge in [0.15, 0.2) is 0 Å². The monoisotopic (exact) mass is 225 g/mol. The van der Waals surface area contributed by atoms with Crippen molar-refractivity contribution in [2.24, 2.45) is 0 Å². The van der Waals surface area contributed by atoms with E-state index in [2.05, 4.69) is 15.0 Å². The Hall–Kier alpha value is -2.18. The third-order valence-electron chi connectivity index (χ3n) is 1.82. The van der Waals surface area contributed by atoms with E-state index >= 15 is 0 Å². The maximum atomic E-state index is 10.8. The molecule has 1 aromatic rings. The van der Waals surface area contributed by atoms with E-state index in [0.717, 1.165) is 6.20 Å². The van der Waals surface area contributed by atoms with Crippen molar-refractivity contribution in [2.75, 3.05) is 19.0 Å². The van der Waals surface area contributed by atoms with E-state index in [-0.39, 0.29) is 18.1 Å². The Morgan fingerprint density at radius 1 is 1.62 bits per heavy atom. The molecule has 0 saturated carbocycles. The van der Waals surface area contributed by atoms with Crippen LogP contribution in [0.25, 0.3) is 0 Å². The number of rotatable bonds is 5. The van der Waals surface area contributed by atoms with Crippen molar-refractivity contribution in [3.05, 3.63) is 28.4 Å². The zero-order valence-electron chi connectivity index (χ0n) is 8.67. The number of ether oxygens (including phenoxy) is 1. The predicted molar refractivity (Wildman–Crippen MR) is 56.0 cm³/mol. The molecule has 0 aliphatic rings. The van der Waals surface area contributed by atoms with E-state index in [4.69, 9.17) is 0 Å². The van der Waals surface area contributed by atoms with Gasteiger partial charge in [-0.15, -0.1) is 0 Å². The number of pyridine rings is 1. The third kappa shape index (κ3) is 3.52. The van der Waals surface area contributed by atoms with Crippen LogP contribution in [-0.2, 0) is 9.53 Å². The molecular formula is C9H11N3O4. The number of esters is 1. The summed E-state index contributed by atoms with van der Waals surface area (Å²) in [5, 5.41) is 13.2. The van der Waals surface area contributed by atoms with Gasteiger partial charge in [0, 0.05) is 12.6 Å². The average molecular weight is 225 g/mol. The second-order valence-electron chi connectivity index (χ2n) is 2.91. The Bertz CT molecular complexity index is 377. The van der Waals surface area contributed by atoms with Gasteiger partial charge in [0.05, 0.1) is 18.5 Å². The lowest BCUT2D eigenvalue weighted by atomic mass is 10.4. The number of aromatic nitrogens is 1. The molecule has 1 rings (SSSR count). The van der Waals surface area contributed by atoms with Crippen LogP contribution in [0.3, 0.4) is 0 Å². The SMILES string of the molecule is COC(=O)CCNc1ccc([N+](=O)[O-])cn1. The summed E-state index contributed by atoms with van der Waals surface area (Å²) < 4.78 is 4.45. The number of nitrogens with zero attached hydrogens (tertiary/aromatic N) is 2. The van der Waals surface area contributed by atoms with E-state index in [1.165, 1.54) is 19.2 Å². The molecule has 0 spiro atoms. The molecule has 0 fully saturated rings. The topological polar surface area (TPSA) is 94.4 Å². The fraction of sp³-hybridized carbons (Fsp3) is 0.333. The molecule has 0 saturated heterocycles. The maximum absolute atomic E-state index is 10.8. The molecule has 0 unspecified atom stereocenters. The number of nitro groups is 1. The lowest BCUT2D eigenvalue weighted by Crippen LogP contribution is -2.10. The quantitative estimate of drug-likeness (QED) is 0.455. The summed E-state index contributed by atoms with van der Waals surface area (Å²) >= 11 is 0. The number of hydrogen-bond acceptors (Lipinski definition) is 6. The van der Waals surface area contributed by atoms with Gasteiger partial charge in [-0.1, -0.05) is 0 Å². The minimum atomic E-state index is -0.523. The summed E-state index contributed by atoms with van der Waals surface area (Å²) in [4.78, 5) is 24.4. The van der Waals surface area contributed by atoms with Gasteiger partial charge in [-0.05, 0) is 6.07 Å². The Morgan fingerprint density at radius 2 is 2.38 bits per heavy atom. The highest BCUT2D eigenvalue weighted by atomic mass is 16.6. The molecule has 1 aromatic heterocycles. The van der Waals surface area contributed by atoms with Gasteiger partial charge >= 0.3 is 5.97 Å². The summed E-state index contributed by atoms with van der Waals surface area (Å²) in [5.74, 6) is 0.156. The highest BCUT2D eigenvalue weighted by Gasteiger charge is 2.05. The van der Waals surface area contributed by atoms with Crippen LogP contribution in [0.2, 0.25) is 0 Å². The molecule has 0 bridgehead atoms. The van der Waals surface area contributed by atoms with Gasteiger partial charge in [-0.3, -0.25) is 14.9 Å². The zero-order chi connectivity index (χ0) is 12.0. The van der Waals surface area contributed by atoms with Gasteiger partial charge in [-0.25, -0.2) is 4.98 Å². The van der Waals surface area contributed by atoms with Gasteiger partial charge in [0.25, 0.3) is 5.69 Å². The van der Waals surface area contributed by atoms with Gasteiger partial charge in [0.2, 0.25) is 0 Å². The fourth-order valence-electron chi connectivity index (χ4n) is 0.993. The molecule has 0 aromatic carbocycles. The predicted octanol–water partition coefficient (Wildman–Crippen LogP) is 0.965. The Labute approximate surface area is 91.6 Å². The summed E-state index contributed by atoms with van der Waals surface area (Å²) in [5.41, 5.74) is -0.0708. The van der Waals surface area contributed by atoms with Crippen molar-refractivity contribution in [1.29, 1.82) is 0 Å². The van der Waals surface area contributed by atoms with Crippen molar-refractivity contribution < 1.29 is 14.5 Å². The number of carbonyl (C=O) groups is 1. The Kier molecular flexibility index (Phi) is 4.19. The van der Waals surface area contributed by atoms with E-state index in [1.807, 2.05) is 0 Å². The normalized spacial score (nSPS) is 9.56. The molecular weight excluding hydrogens is 214 g/mol. The number of anilines is 1. The first-order valence-electron chi connectivity index (χ1n) is 4.54. The smallest absolute Gasteiger partial charge is 0.307 e. The highest BCUT2D eigenvalue weighted by Crippen LogP contribution is 2.11. The lowest BCUT2D eigenvalue weighted by molar-refractivity contribution is -0.385. The van der Waals surface area contributed by atoms with Crippen LogP contribution >= 0.6 is 0 Å². The lowest BCUT2D eigenvalue weighted by Gasteiger charge is -2.03. The second kappa shape index (κ2) is 5.64. The van der Waals surface area contributed by atoms with Crippen LogP contribution in [0.1, 0.15) is 6.42 Å². The first-order valence-corrected chi connectivity index (χ1v) is 4.54. The minimum Gasteiger partial charge on any atom is -0.469 e. The first-order chi connectivity index (χ1) is 7.63. The molecule has 16 heavy (non-hydrogen) atoms. The third-order valence-corrected chi connectivity index (χ3v) is 1.82. The van der Waals surface area contributed by atoms with Gasteiger partial charge in [-0.2, -0.15) is 0 Å². The summed E-state index contributed by atoms with van der Waals surface area (Å²) in [6.45, 7) is 0.373. The number of methoxy groups -OCH3 is 1. The van der Waals surface area contributed by atoms with E-state index < -0.39 is 4.92 Å². The fourth-order valence-corrected chi connectivity index (χ4v) is 0.993. The Balaban J connectivity index is 2.43. The Morgan fingerprint density at radius 3 is 2.88 bits per heavy atom. The first kappa shape index (κ1) is 11.9. The molecule has 0 atom stereocenters. The largest absolute Gasteiger partial charge is 0.469 e. The molecule has 1 N–H and O–H groups in total. The number of hydrogen-bond donors (Lipinski definition) is 1. The minimum absolute atomic E-state index is 0.0708. The summed E-state index contributed by atoms with van der Waals surface area (Å²) in [7, 11) is 1.31. The summed E-state index contributed by atoms with van der Waals surface area (Å²) in [6, 6.07) is 2.82. The molecule has 0 aliphatic carbocycles. The van der Waals surface area contributed by atoms with E-state index in [1.54, 1.807) is 0 Å². The van der Waals surface area contributed by atoms with Gasteiger partial charge < -0.3 is 10.1 Å². The van der Waals surface area contributed by atoms with E-state index in [9.17, 15) is 14.9 Å². The van der Waals surface area contributed by atoms with Crippen LogP contribution in [-0.4, -0.2) is 29.5 Å². The van der Waals surface area contributed by atoms with Crippen LogP contribution in [0.4, 0.5) is 11.5 Å². The molecule has 1 heterocycles. The molecule has 7 heteroatoms. The van der Waals surface area contributed by atoms with Crippen LogP contribution in [0.5, 0.6) is 0 Å². The van der Waals surface area contributed by atoms with Crippen molar-refractivity contribution in [1.82, 2.24) is 4.98 Å². The highest BCUT2D eigenvalue weighted by molar-refractivity contribution is 5.69. The molecule has 0 aliphatic heterocycles. The maximum Gasteiger partial charge on any atom is 0.307 e. The average Bonchev–Trinajstić information content (AvgIpc) is 2.29. The van der Waals surface area contributed by atoms with Crippen LogP contribution in [0.15, 0.2) is 18.3 Å². The molecule has 0 amide bonds. The number of carbonyl (C=O) groups excluding carboxylic acids is 1. The molecule has 0 radical (unpaired) electrons.